The lowest BCUT2D eigenvalue weighted by Crippen LogP contribution is -2.30. The van der Waals surface area contributed by atoms with E-state index < -0.39 is 4.32 Å². The molecule has 0 aromatic heterocycles. The minimum Gasteiger partial charge on any atom is -0.506 e. The van der Waals surface area contributed by atoms with E-state index in [0.29, 0.717) is 5.69 Å². The molecular formula is C11H14BrNO2. The highest BCUT2D eigenvalue weighted by molar-refractivity contribution is 9.10. The number of phenols is 1. The summed E-state index contributed by atoms with van der Waals surface area (Å²) in [6, 6.07) is 5.12. The van der Waals surface area contributed by atoms with Gasteiger partial charge in [-0.25, -0.2) is 0 Å². The highest BCUT2D eigenvalue weighted by atomic mass is 79.9. The van der Waals surface area contributed by atoms with E-state index in [-0.39, 0.29) is 11.7 Å². The molecule has 0 heterocycles. The molecule has 0 unspecified atom stereocenters. The summed E-state index contributed by atoms with van der Waals surface area (Å²) in [5, 5.41) is 12.2. The Balaban J connectivity index is 2.87. The minimum absolute atomic E-state index is 0.0834. The smallest absolute Gasteiger partial charge is 0.240 e. The molecule has 1 amide bonds. The van der Waals surface area contributed by atoms with Crippen molar-refractivity contribution in [3.8, 4) is 5.75 Å². The van der Waals surface area contributed by atoms with Gasteiger partial charge in [0.15, 0.2) is 0 Å². The summed E-state index contributed by atoms with van der Waals surface area (Å²) >= 11 is 3.25. The maximum Gasteiger partial charge on any atom is 0.240 e. The third kappa shape index (κ3) is 3.23. The Morgan fingerprint density at radius 1 is 1.47 bits per heavy atom. The first-order valence-electron chi connectivity index (χ1n) is 4.60. The lowest BCUT2D eigenvalue weighted by Gasteiger charge is -2.16. The molecule has 0 radical (unpaired) electrons. The van der Waals surface area contributed by atoms with Crippen molar-refractivity contribution in [2.24, 2.45) is 0 Å². The Labute approximate surface area is 97.6 Å². The Morgan fingerprint density at radius 3 is 2.53 bits per heavy atom. The highest BCUT2D eigenvalue weighted by Gasteiger charge is 2.24. The van der Waals surface area contributed by atoms with Crippen LogP contribution in [0.4, 0.5) is 5.69 Å². The van der Waals surface area contributed by atoms with Crippen molar-refractivity contribution in [3.05, 3.63) is 23.8 Å². The molecule has 1 aromatic carbocycles. The van der Waals surface area contributed by atoms with Crippen molar-refractivity contribution >= 4 is 27.5 Å². The fourth-order valence-corrected chi connectivity index (χ4v) is 1.12. The van der Waals surface area contributed by atoms with E-state index in [1.54, 1.807) is 26.0 Å². The van der Waals surface area contributed by atoms with Crippen molar-refractivity contribution in [2.45, 2.75) is 25.1 Å². The molecule has 0 aliphatic carbocycles. The van der Waals surface area contributed by atoms with Crippen molar-refractivity contribution < 1.29 is 9.90 Å². The normalized spacial score (nSPS) is 11.2. The molecule has 1 rings (SSSR count). The molecule has 2 N–H and O–H groups in total. The van der Waals surface area contributed by atoms with Crippen LogP contribution in [0.2, 0.25) is 0 Å². The van der Waals surface area contributed by atoms with Crippen LogP contribution in [0.15, 0.2) is 18.2 Å². The third-order valence-electron chi connectivity index (χ3n) is 1.94. The van der Waals surface area contributed by atoms with E-state index in [0.717, 1.165) is 5.56 Å². The summed E-state index contributed by atoms with van der Waals surface area (Å²) in [5.41, 5.74) is 1.38. The van der Waals surface area contributed by atoms with Gasteiger partial charge < -0.3 is 10.4 Å². The quantitative estimate of drug-likeness (QED) is 0.642. The van der Waals surface area contributed by atoms with Gasteiger partial charge in [-0.2, -0.15) is 0 Å². The van der Waals surface area contributed by atoms with Gasteiger partial charge in [0, 0.05) is 0 Å². The Morgan fingerprint density at radius 2 is 2.07 bits per heavy atom. The Kier molecular flexibility index (Phi) is 3.39. The Hall–Kier alpha value is -1.03. The van der Waals surface area contributed by atoms with Crippen LogP contribution in [0.1, 0.15) is 19.4 Å². The molecular weight excluding hydrogens is 258 g/mol. The van der Waals surface area contributed by atoms with E-state index in [9.17, 15) is 9.90 Å². The van der Waals surface area contributed by atoms with Crippen LogP contribution >= 0.6 is 15.9 Å². The molecule has 82 valence electrons. The number of halogens is 1. The maximum absolute atomic E-state index is 11.6. The molecule has 0 spiro atoms. The topological polar surface area (TPSA) is 49.3 Å². The van der Waals surface area contributed by atoms with Gasteiger partial charge >= 0.3 is 0 Å². The number of hydrogen-bond donors (Lipinski definition) is 2. The Bertz CT molecular complexity index is 383. The molecule has 0 bridgehead atoms. The summed E-state index contributed by atoms with van der Waals surface area (Å²) in [4.78, 5) is 11.6. The number of amides is 1. The molecule has 4 heteroatoms. The summed E-state index contributed by atoms with van der Waals surface area (Å²) < 4.78 is -0.648. The number of phenolic OH excluding ortho intramolecular Hbond substituents is 1. The number of carbonyl (C=O) groups excluding carboxylic acids is 1. The van der Waals surface area contributed by atoms with Crippen LogP contribution in [-0.2, 0) is 4.79 Å². The average molecular weight is 272 g/mol. The number of nitrogens with one attached hydrogen (secondary N) is 1. The molecule has 0 atom stereocenters. The average Bonchev–Trinajstić information content (AvgIpc) is 2.08. The largest absolute Gasteiger partial charge is 0.506 e. The SMILES string of the molecule is Cc1ccc(NC(=O)C(C)(C)Br)c(O)c1. The van der Waals surface area contributed by atoms with E-state index in [1.807, 2.05) is 13.0 Å². The highest BCUT2D eigenvalue weighted by Crippen LogP contribution is 2.26. The molecule has 0 saturated heterocycles. The van der Waals surface area contributed by atoms with Crippen LogP contribution in [0.3, 0.4) is 0 Å². The first kappa shape index (κ1) is 12.0. The van der Waals surface area contributed by atoms with Crippen LogP contribution in [0.5, 0.6) is 5.75 Å². The van der Waals surface area contributed by atoms with Gasteiger partial charge in [-0.1, -0.05) is 22.0 Å². The molecule has 3 nitrogen and oxygen atoms in total. The zero-order valence-electron chi connectivity index (χ0n) is 8.97. The summed E-state index contributed by atoms with van der Waals surface area (Å²) in [7, 11) is 0. The van der Waals surface area contributed by atoms with E-state index in [2.05, 4.69) is 21.2 Å². The number of carbonyl (C=O) groups is 1. The zero-order valence-corrected chi connectivity index (χ0v) is 10.6. The molecule has 15 heavy (non-hydrogen) atoms. The number of benzene rings is 1. The molecule has 0 aliphatic heterocycles. The van der Waals surface area contributed by atoms with Gasteiger partial charge in [-0.15, -0.1) is 0 Å². The number of aryl methyl sites for hydroxylation is 1. The van der Waals surface area contributed by atoms with E-state index in [4.69, 9.17) is 0 Å². The molecule has 0 aliphatic rings. The van der Waals surface area contributed by atoms with Crippen LogP contribution < -0.4 is 5.32 Å². The van der Waals surface area contributed by atoms with Gasteiger partial charge in [0.1, 0.15) is 5.75 Å². The first-order valence-corrected chi connectivity index (χ1v) is 5.40. The van der Waals surface area contributed by atoms with Crippen molar-refractivity contribution in [1.82, 2.24) is 0 Å². The van der Waals surface area contributed by atoms with Gasteiger partial charge in [0.25, 0.3) is 0 Å². The maximum atomic E-state index is 11.6. The summed E-state index contributed by atoms with van der Waals surface area (Å²) in [6.07, 6.45) is 0. The third-order valence-corrected chi connectivity index (χ3v) is 2.30. The predicted molar refractivity (Wildman–Crippen MR) is 64.5 cm³/mol. The number of rotatable bonds is 2. The molecule has 0 saturated carbocycles. The number of aromatic hydroxyl groups is 1. The van der Waals surface area contributed by atoms with Crippen molar-refractivity contribution in [3.63, 3.8) is 0 Å². The summed E-state index contributed by atoms with van der Waals surface area (Å²) in [5.74, 6) is -0.109. The van der Waals surface area contributed by atoms with E-state index in [1.165, 1.54) is 0 Å². The van der Waals surface area contributed by atoms with Crippen LogP contribution in [0, 0.1) is 6.92 Å². The van der Waals surface area contributed by atoms with Gasteiger partial charge in [-0.3, -0.25) is 4.79 Å². The second-order valence-corrected chi connectivity index (χ2v) is 5.93. The van der Waals surface area contributed by atoms with Crippen LogP contribution in [0.25, 0.3) is 0 Å². The number of anilines is 1. The first-order chi connectivity index (χ1) is 6.80. The van der Waals surface area contributed by atoms with Gasteiger partial charge in [0.05, 0.1) is 10.0 Å². The lowest BCUT2D eigenvalue weighted by atomic mass is 10.1. The fraction of sp³-hybridized carbons (Fsp3) is 0.364. The van der Waals surface area contributed by atoms with Gasteiger partial charge in [-0.05, 0) is 38.5 Å². The number of alkyl halides is 1. The van der Waals surface area contributed by atoms with Crippen molar-refractivity contribution in [1.29, 1.82) is 0 Å². The zero-order chi connectivity index (χ0) is 11.6. The number of hydrogen-bond acceptors (Lipinski definition) is 2. The molecule has 1 aromatic rings. The molecule has 0 fully saturated rings. The summed E-state index contributed by atoms with van der Waals surface area (Å²) in [6.45, 7) is 5.36. The van der Waals surface area contributed by atoms with Crippen molar-refractivity contribution in [2.75, 3.05) is 5.32 Å². The lowest BCUT2D eigenvalue weighted by molar-refractivity contribution is -0.117. The van der Waals surface area contributed by atoms with Gasteiger partial charge in [0.2, 0.25) is 5.91 Å². The predicted octanol–water partition coefficient (Wildman–Crippen LogP) is 2.81. The monoisotopic (exact) mass is 271 g/mol. The standard InChI is InChI=1S/C11H14BrNO2/c1-7-4-5-8(9(14)6-7)13-10(15)11(2,3)12/h4-6,14H,1-3H3,(H,13,15). The second-order valence-electron chi connectivity index (χ2n) is 3.95. The van der Waals surface area contributed by atoms with Crippen LogP contribution in [-0.4, -0.2) is 15.3 Å². The second kappa shape index (κ2) is 4.23. The minimum atomic E-state index is -0.648. The van der Waals surface area contributed by atoms with E-state index >= 15 is 0 Å². The fourth-order valence-electron chi connectivity index (χ4n) is 1.02.